The molecule has 0 saturated carbocycles. The number of rotatable bonds is 3. The van der Waals surface area contributed by atoms with Gasteiger partial charge in [-0.15, -0.1) is 0 Å². The van der Waals surface area contributed by atoms with E-state index < -0.39 is 23.8 Å². The highest BCUT2D eigenvalue weighted by atomic mass is 35.5. The van der Waals surface area contributed by atoms with Crippen molar-refractivity contribution in [1.82, 2.24) is 0 Å². The molecule has 0 bridgehead atoms. The number of carbonyl (C=O) groups is 2. The van der Waals surface area contributed by atoms with Crippen molar-refractivity contribution in [3.05, 3.63) is 45.1 Å². The highest BCUT2D eigenvalue weighted by Crippen LogP contribution is 2.43. The van der Waals surface area contributed by atoms with E-state index in [0.717, 1.165) is 0 Å². The van der Waals surface area contributed by atoms with Gasteiger partial charge in [-0.1, -0.05) is 35.3 Å². The maximum Gasteiger partial charge on any atom is 0.336 e. The minimum Gasteiger partial charge on any atom is -0.468 e. The van der Waals surface area contributed by atoms with Crippen LogP contribution in [0.3, 0.4) is 0 Å². The quantitative estimate of drug-likeness (QED) is 0.760. The summed E-state index contributed by atoms with van der Waals surface area (Å²) in [5.41, 5.74) is 1.82. The van der Waals surface area contributed by atoms with E-state index in [-0.39, 0.29) is 10.6 Å². The molecule has 0 aromatic heterocycles. The Hall–Kier alpha value is -1.85. The summed E-state index contributed by atoms with van der Waals surface area (Å²) < 4.78 is 9.79. The third kappa shape index (κ3) is 3.19. The van der Waals surface area contributed by atoms with Crippen molar-refractivity contribution in [3.8, 4) is 0 Å². The Morgan fingerprint density at radius 2 is 1.79 bits per heavy atom. The normalized spacial score (nSPS) is 20.5. The van der Waals surface area contributed by atoms with Crippen LogP contribution < -0.4 is 0 Å². The number of aliphatic imine (C=N–C) groups is 1. The van der Waals surface area contributed by atoms with Crippen LogP contribution in [0.2, 0.25) is 10.0 Å². The lowest BCUT2D eigenvalue weighted by atomic mass is 9.75. The van der Waals surface area contributed by atoms with Gasteiger partial charge >= 0.3 is 11.9 Å². The number of hydrogen-bond donors (Lipinski definition) is 0. The van der Waals surface area contributed by atoms with Crippen LogP contribution in [0.4, 0.5) is 0 Å². The Morgan fingerprint density at radius 3 is 2.38 bits per heavy atom. The predicted molar refractivity (Wildman–Crippen MR) is 92.5 cm³/mol. The zero-order valence-corrected chi connectivity index (χ0v) is 15.2. The number of esters is 2. The minimum atomic E-state index is -0.788. The van der Waals surface area contributed by atoms with E-state index in [1.807, 2.05) is 0 Å². The monoisotopic (exact) mass is 369 g/mol. The maximum atomic E-state index is 12.4. The van der Waals surface area contributed by atoms with Gasteiger partial charge in [0.15, 0.2) is 0 Å². The number of benzene rings is 1. The smallest absolute Gasteiger partial charge is 0.336 e. The topological polar surface area (TPSA) is 65.0 Å². The van der Waals surface area contributed by atoms with Crippen molar-refractivity contribution in [2.75, 3.05) is 14.2 Å². The lowest BCUT2D eigenvalue weighted by Crippen LogP contribution is -2.36. The van der Waals surface area contributed by atoms with Crippen LogP contribution in [-0.2, 0) is 19.1 Å². The van der Waals surface area contributed by atoms with Crippen molar-refractivity contribution in [1.29, 1.82) is 0 Å². The van der Waals surface area contributed by atoms with Gasteiger partial charge in [0.05, 0.1) is 29.8 Å². The SMILES string of the molecule is COC(=O)C1=C(C)N=C(C)C(C(=O)OC)C1c1cccc(Cl)c1Cl. The van der Waals surface area contributed by atoms with Gasteiger partial charge < -0.3 is 9.47 Å². The number of ether oxygens (including phenoxy) is 2. The zero-order chi connectivity index (χ0) is 18.0. The summed E-state index contributed by atoms with van der Waals surface area (Å²) in [6.45, 7) is 3.40. The van der Waals surface area contributed by atoms with Crippen LogP contribution in [0, 0.1) is 5.92 Å². The fourth-order valence-electron chi connectivity index (χ4n) is 2.94. The van der Waals surface area contributed by atoms with Gasteiger partial charge in [0.1, 0.15) is 5.92 Å². The Kier molecular flexibility index (Phi) is 5.67. The Labute approximate surface area is 150 Å². The average Bonchev–Trinajstić information content (AvgIpc) is 2.55. The minimum absolute atomic E-state index is 0.266. The molecule has 1 heterocycles. The van der Waals surface area contributed by atoms with Crippen molar-refractivity contribution in [2.45, 2.75) is 19.8 Å². The van der Waals surface area contributed by atoms with Gasteiger partial charge in [0.2, 0.25) is 0 Å². The molecule has 128 valence electrons. The lowest BCUT2D eigenvalue weighted by molar-refractivity contribution is -0.143. The molecule has 24 heavy (non-hydrogen) atoms. The Bertz CT molecular complexity index is 755. The molecular weight excluding hydrogens is 353 g/mol. The molecule has 0 aliphatic carbocycles. The zero-order valence-electron chi connectivity index (χ0n) is 13.7. The largest absolute Gasteiger partial charge is 0.468 e. The molecule has 0 fully saturated rings. The first-order chi connectivity index (χ1) is 11.3. The van der Waals surface area contributed by atoms with Gasteiger partial charge in [-0.2, -0.15) is 0 Å². The summed E-state index contributed by atoms with van der Waals surface area (Å²) in [6, 6.07) is 5.07. The summed E-state index contributed by atoms with van der Waals surface area (Å²) in [6.07, 6.45) is 0. The molecule has 1 aromatic carbocycles. The van der Waals surface area contributed by atoms with E-state index in [4.69, 9.17) is 32.7 Å². The summed E-state index contributed by atoms with van der Waals surface area (Å²) in [5.74, 6) is -2.55. The summed E-state index contributed by atoms with van der Waals surface area (Å²) in [5, 5.41) is 0.613. The van der Waals surface area contributed by atoms with Crippen molar-refractivity contribution in [2.24, 2.45) is 10.9 Å². The molecule has 1 aliphatic heterocycles. The molecule has 0 spiro atoms. The first-order valence-electron chi connectivity index (χ1n) is 7.19. The first kappa shape index (κ1) is 18.5. The van der Waals surface area contributed by atoms with E-state index in [0.29, 0.717) is 22.0 Å². The molecular formula is C17H17Cl2NO4. The van der Waals surface area contributed by atoms with Gasteiger partial charge in [0.25, 0.3) is 0 Å². The van der Waals surface area contributed by atoms with E-state index >= 15 is 0 Å². The van der Waals surface area contributed by atoms with Crippen molar-refractivity contribution >= 4 is 40.9 Å². The second kappa shape index (κ2) is 7.36. The molecule has 0 saturated heterocycles. The van der Waals surface area contributed by atoms with E-state index in [1.165, 1.54) is 14.2 Å². The second-order valence-corrected chi connectivity index (χ2v) is 6.15. The highest BCUT2D eigenvalue weighted by Gasteiger charge is 2.43. The second-order valence-electron chi connectivity index (χ2n) is 5.37. The molecule has 2 atom stereocenters. The molecule has 1 aromatic rings. The lowest BCUT2D eigenvalue weighted by Gasteiger charge is -2.31. The molecule has 2 rings (SSSR count). The fraction of sp³-hybridized carbons (Fsp3) is 0.353. The van der Waals surface area contributed by atoms with Crippen LogP contribution >= 0.6 is 23.2 Å². The summed E-state index contributed by atoms with van der Waals surface area (Å²) in [7, 11) is 2.56. The van der Waals surface area contributed by atoms with Gasteiger partial charge in [-0.3, -0.25) is 9.79 Å². The van der Waals surface area contributed by atoms with E-state index in [2.05, 4.69) is 4.99 Å². The summed E-state index contributed by atoms with van der Waals surface area (Å²) in [4.78, 5) is 29.0. The molecule has 7 heteroatoms. The van der Waals surface area contributed by atoms with E-state index in [1.54, 1.807) is 32.0 Å². The molecule has 0 radical (unpaired) electrons. The number of carbonyl (C=O) groups excluding carboxylic acids is 2. The third-order valence-electron chi connectivity index (χ3n) is 4.01. The maximum absolute atomic E-state index is 12.4. The van der Waals surface area contributed by atoms with Crippen LogP contribution in [0.1, 0.15) is 25.3 Å². The molecule has 2 unspecified atom stereocenters. The first-order valence-corrected chi connectivity index (χ1v) is 7.95. The average molecular weight is 370 g/mol. The molecule has 1 aliphatic rings. The molecule has 0 N–H and O–H groups in total. The predicted octanol–water partition coefficient (Wildman–Crippen LogP) is 3.79. The number of nitrogens with zero attached hydrogens (tertiary/aromatic N) is 1. The third-order valence-corrected chi connectivity index (χ3v) is 4.84. The van der Waals surface area contributed by atoms with Crippen molar-refractivity contribution in [3.63, 3.8) is 0 Å². The van der Waals surface area contributed by atoms with E-state index in [9.17, 15) is 9.59 Å². The van der Waals surface area contributed by atoms with Gasteiger partial charge in [-0.25, -0.2) is 4.79 Å². The fourth-order valence-corrected chi connectivity index (χ4v) is 3.37. The van der Waals surface area contributed by atoms with Crippen molar-refractivity contribution < 1.29 is 19.1 Å². The number of halogens is 2. The van der Waals surface area contributed by atoms with Crippen LogP contribution in [-0.4, -0.2) is 31.9 Å². The van der Waals surface area contributed by atoms with Gasteiger partial charge in [0, 0.05) is 17.3 Å². The summed E-state index contributed by atoms with van der Waals surface area (Å²) >= 11 is 12.5. The molecule has 5 nitrogen and oxygen atoms in total. The van der Waals surface area contributed by atoms with Crippen LogP contribution in [0.15, 0.2) is 34.5 Å². The standard InChI is InChI=1S/C17H17Cl2NO4/c1-8-12(16(21)23-3)14(10-6-5-7-11(18)15(10)19)13(9(2)20-8)17(22)24-4/h5-7,12,14H,1-4H3. The number of methoxy groups -OCH3 is 2. The highest BCUT2D eigenvalue weighted by molar-refractivity contribution is 6.42. The van der Waals surface area contributed by atoms with Gasteiger partial charge in [-0.05, 0) is 25.5 Å². The number of hydrogen-bond acceptors (Lipinski definition) is 5. The van der Waals surface area contributed by atoms with Crippen LogP contribution in [0.5, 0.6) is 0 Å². The Morgan fingerprint density at radius 1 is 1.12 bits per heavy atom. The molecule has 0 amide bonds. The van der Waals surface area contributed by atoms with Crippen LogP contribution in [0.25, 0.3) is 0 Å². The number of allylic oxidation sites excluding steroid dienone is 1. The Balaban J connectivity index is 2.75.